The minimum Gasteiger partial charge on any atom is -0.481 e. The summed E-state index contributed by atoms with van der Waals surface area (Å²) in [5.74, 6) is -3.33. The highest BCUT2D eigenvalue weighted by Crippen LogP contribution is 2.24. The molecule has 1 aliphatic heterocycles. The minimum absolute atomic E-state index is 0.00941. The van der Waals surface area contributed by atoms with Gasteiger partial charge in [-0.05, 0) is 55.3 Å². The van der Waals surface area contributed by atoms with Gasteiger partial charge in [0.1, 0.15) is 0 Å². The molecular weight excluding hydrogens is 474 g/mol. The van der Waals surface area contributed by atoms with Gasteiger partial charge < -0.3 is 15.6 Å². The fraction of sp³-hybridized carbons (Fsp3) is 0.179. The Morgan fingerprint density at radius 1 is 0.892 bits per heavy atom. The summed E-state index contributed by atoms with van der Waals surface area (Å²) in [6.45, 7) is 1.85. The Morgan fingerprint density at radius 2 is 1.46 bits per heavy atom. The number of fused-ring (bicyclic) bond motifs is 1. The van der Waals surface area contributed by atoms with E-state index in [1.54, 1.807) is 60.7 Å². The van der Waals surface area contributed by atoms with E-state index in [0.717, 1.165) is 10.5 Å². The molecular formula is C28H25N3O6. The number of imide groups is 1. The molecule has 0 bridgehead atoms. The van der Waals surface area contributed by atoms with Crippen LogP contribution in [-0.4, -0.2) is 51.2 Å². The van der Waals surface area contributed by atoms with Crippen molar-refractivity contribution in [2.75, 3.05) is 11.9 Å². The maximum atomic E-state index is 12.6. The van der Waals surface area contributed by atoms with E-state index in [-0.39, 0.29) is 31.0 Å². The normalized spacial score (nSPS) is 13.9. The lowest BCUT2D eigenvalue weighted by Crippen LogP contribution is -2.33. The molecule has 37 heavy (non-hydrogen) atoms. The van der Waals surface area contributed by atoms with Crippen LogP contribution >= 0.6 is 0 Å². The van der Waals surface area contributed by atoms with Crippen molar-refractivity contribution in [3.8, 4) is 0 Å². The molecule has 3 aromatic rings. The van der Waals surface area contributed by atoms with Gasteiger partial charge in [-0.1, -0.05) is 47.1 Å². The number of rotatable bonds is 9. The van der Waals surface area contributed by atoms with Crippen molar-refractivity contribution in [2.45, 2.75) is 19.8 Å². The van der Waals surface area contributed by atoms with Crippen LogP contribution in [0.25, 0.3) is 0 Å². The van der Waals surface area contributed by atoms with Gasteiger partial charge in [0, 0.05) is 24.2 Å². The number of oxime groups is 1. The molecule has 3 amide bonds. The zero-order chi connectivity index (χ0) is 26.5. The summed E-state index contributed by atoms with van der Waals surface area (Å²) < 4.78 is 0. The monoisotopic (exact) mass is 499 g/mol. The molecule has 0 saturated heterocycles. The predicted molar refractivity (Wildman–Crippen MR) is 136 cm³/mol. The molecule has 188 valence electrons. The summed E-state index contributed by atoms with van der Waals surface area (Å²) in [5, 5.41) is 25.4. The maximum Gasteiger partial charge on any atom is 0.306 e. The molecule has 0 fully saturated rings. The van der Waals surface area contributed by atoms with E-state index in [1.165, 1.54) is 0 Å². The van der Waals surface area contributed by atoms with Crippen LogP contribution in [0.15, 0.2) is 78.0 Å². The van der Waals surface area contributed by atoms with Crippen LogP contribution in [-0.2, 0) is 4.79 Å². The molecule has 3 aromatic carbocycles. The smallest absolute Gasteiger partial charge is 0.306 e. The Labute approximate surface area is 213 Å². The number of nitrogens with zero attached hydrogens (tertiary/aromatic N) is 2. The van der Waals surface area contributed by atoms with Crippen molar-refractivity contribution in [3.63, 3.8) is 0 Å². The van der Waals surface area contributed by atoms with E-state index in [1.807, 2.05) is 19.1 Å². The molecule has 0 saturated carbocycles. The maximum absolute atomic E-state index is 12.6. The summed E-state index contributed by atoms with van der Waals surface area (Å²) in [6, 6.07) is 20.1. The summed E-state index contributed by atoms with van der Waals surface area (Å²) >= 11 is 0. The number of hydrogen-bond acceptors (Lipinski definition) is 6. The van der Waals surface area contributed by atoms with Crippen molar-refractivity contribution < 1.29 is 29.5 Å². The lowest BCUT2D eigenvalue weighted by atomic mass is 9.94. The third-order valence-electron chi connectivity index (χ3n) is 6.28. The van der Waals surface area contributed by atoms with Crippen LogP contribution in [0.3, 0.4) is 0 Å². The average molecular weight is 500 g/mol. The highest BCUT2D eigenvalue weighted by molar-refractivity contribution is 6.21. The molecule has 4 rings (SSSR count). The van der Waals surface area contributed by atoms with Crippen LogP contribution in [0.2, 0.25) is 0 Å². The molecule has 0 aliphatic carbocycles. The number of hydrogen-bond donors (Lipinski definition) is 3. The SMILES string of the molecule is Cc1ccc(C(=O)Nc2ccc(C(CC(CCN3C(=O)c4ccccc4C3=O)C(=O)O)=NO)cc2)cc1. The standard InChI is InChI=1S/C28H25N3O6/c1-17-6-8-19(9-7-17)25(32)29-21-12-10-18(11-13-21)24(30-37)16-20(28(35)36)14-15-31-26(33)22-4-2-3-5-23(22)27(31)34/h2-13,20,37H,14-16H2,1H3,(H,29,32)(H,35,36). The molecule has 0 spiro atoms. The Balaban J connectivity index is 1.39. The van der Waals surface area contributed by atoms with E-state index in [9.17, 15) is 29.5 Å². The number of nitrogens with one attached hydrogen (secondary N) is 1. The first-order valence-electron chi connectivity index (χ1n) is 11.7. The highest BCUT2D eigenvalue weighted by atomic mass is 16.4. The average Bonchev–Trinajstić information content (AvgIpc) is 3.14. The first-order chi connectivity index (χ1) is 17.8. The van der Waals surface area contributed by atoms with Crippen molar-refractivity contribution in [1.82, 2.24) is 4.90 Å². The largest absolute Gasteiger partial charge is 0.481 e. The third-order valence-corrected chi connectivity index (χ3v) is 6.28. The molecule has 1 atom stereocenters. The van der Waals surface area contributed by atoms with Gasteiger partial charge in [-0.25, -0.2) is 0 Å². The first-order valence-corrected chi connectivity index (χ1v) is 11.7. The minimum atomic E-state index is -1.14. The van der Waals surface area contributed by atoms with Crippen molar-refractivity contribution in [3.05, 3.63) is 101 Å². The highest BCUT2D eigenvalue weighted by Gasteiger charge is 2.35. The van der Waals surface area contributed by atoms with Gasteiger partial charge in [0.2, 0.25) is 0 Å². The van der Waals surface area contributed by atoms with Gasteiger partial charge in [0.15, 0.2) is 0 Å². The van der Waals surface area contributed by atoms with Gasteiger partial charge >= 0.3 is 5.97 Å². The Bertz CT molecular complexity index is 1340. The van der Waals surface area contributed by atoms with Gasteiger partial charge in [-0.15, -0.1) is 0 Å². The van der Waals surface area contributed by atoms with Crippen molar-refractivity contribution in [2.24, 2.45) is 11.1 Å². The number of benzene rings is 3. The molecule has 0 radical (unpaired) electrons. The number of aryl methyl sites for hydroxylation is 1. The van der Waals surface area contributed by atoms with E-state index in [0.29, 0.717) is 27.9 Å². The number of carbonyl (C=O) groups is 4. The summed E-state index contributed by atoms with van der Waals surface area (Å²) in [7, 11) is 0. The lowest BCUT2D eigenvalue weighted by molar-refractivity contribution is -0.141. The first kappa shape index (κ1) is 25.3. The number of aliphatic carboxylic acids is 1. The Hall–Kier alpha value is -4.79. The number of anilines is 1. The second-order valence-corrected chi connectivity index (χ2v) is 8.78. The van der Waals surface area contributed by atoms with E-state index in [2.05, 4.69) is 10.5 Å². The second kappa shape index (κ2) is 10.9. The topological polar surface area (TPSA) is 136 Å². The van der Waals surface area contributed by atoms with Crippen LogP contribution < -0.4 is 5.32 Å². The summed E-state index contributed by atoms with van der Waals surface area (Å²) in [4.78, 5) is 50.5. The van der Waals surface area contributed by atoms with Crippen molar-refractivity contribution in [1.29, 1.82) is 0 Å². The number of carboxylic acids is 1. The Morgan fingerprint density at radius 3 is 2.00 bits per heavy atom. The second-order valence-electron chi connectivity index (χ2n) is 8.78. The van der Waals surface area contributed by atoms with E-state index < -0.39 is 23.7 Å². The molecule has 9 nitrogen and oxygen atoms in total. The number of carboxylic acid groups (broad SMARTS) is 1. The number of amides is 3. The van der Waals surface area contributed by atoms with Crippen LogP contribution in [0.5, 0.6) is 0 Å². The van der Waals surface area contributed by atoms with Gasteiger partial charge in [0.05, 0.1) is 22.8 Å². The van der Waals surface area contributed by atoms with Crippen LogP contribution in [0.4, 0.5) is 5.69 Å². The molecule has 1 heterocycles. The van der Waals surface area contributed by atoms with Crippen molar-refractivity contribution >= 4 is 35.1 Å². The van der Waals surface area contributed by atoms with E-state index >= 15 is 0 Å². The van der Waals surface area contributed by atoms with Gasteiger partial charge in [-0.2, -0.15) is 0 Å². The van der Waals surface area contributed by atoms with E-state index in [4.69, 9.17) is 0 Å². The predicted octanol–water partition coefficient (Wildman–Crippen LogP) is 4.20. The molecule has 1 unspecified atom stereocenters. The Kier molecular flexibility index (Phi) is 7.43. The summed E-state index contributed by atoms with van der Waals surface area (Å²) in [5.41, 5.74) is 3.27. The molecule has 1 aliphatic rings. The van der Waals surface area contributed by atoms with Crippen LogP contribution in [0.1, 0.15) is 55.0 Å². The fourth-order valence-corrected chi connectivity index (χ4v) is 4.14. The van der Waals surface area contributed by atoms with Crippen LogP contribution in [0, 0.1) is 12.8 Å². The third kappa shape index (κ3) is 5.56. The quantitative estimate of drug-likeness (QED) is 0.175. The molecule has 9 heteroatoms. The molecule has 0 aromatic heterocycles. The zero-order valence-corrected chi connectivity index (χ0v) is 20.0. The lowest BCUT2D eigenvalue weighted by Gasteiger charge is -2.18. The number of carbonyl (C=O) groups excluding carboxylic acids is 3. The summed E-state index contributed by atoms with van der Waals surface area (Å²) in [6.07, 6.45) is -0.130. The van der Waals surface area contributed by atoms with Gasteiger partial charge in [-0.3, -0.25) is 24.1 Å². The fourth-order valence-electron chi connectivity index (χ4n) is 4.14. The van der Waals surface area contributed by atoms with Gasteiger partial charge in [0.25, 0.3) is 17.7 Å². The molecule has 3 N–H and O–H groups in total. The zero-order valence-electron chi connectivity index (χ0n) is 20.0.